The van der Waals surface area contributed by atoms with Gasteiger partial charge in [-0.25, -0.2) is 13.8 Å². The average Bonchev–Trinajstić information content (AvgIpc) is 3.01. The molecule has 0 saturated heterocycles. The minimum atomic E-state index is -0.929. The van der Waals surface area contributed by atoms with Gasteiger partial charge in [-0.1, -0.05) is 12.1 Å². The third-order valence-corrected chi connectivity index (χ3v) is 6.60. The van der Waals surface area contributed by atoms with Crippen LogP contribution in [0.3, 0.4) is 0 Å². The number of carbonyl (C=O) groups is 1. The summed E-state index contributed by atoms with van der Waals surface area (Å²) >= 11 is 0. The van der Waals surface area contributed by atoms with Crippen molar-refractivity contribution in [3.63, 3.8) is 0 Å². The standard InChI is InChI=1S/C31H26F2N4O5/c1-4-37-17-22(29(38)27(24(37)16-32)18-5-7-19(33)8-6-18)30(39)35-20-9-11-21(12-10-20)42-25-13-14-34-23-15-26(40-2)31(41-3)36-28(23)25/h5-15,17H,4,16H2,1-3H3,(H,35,39). The number of hydrogen-bond acceptors (Lipinski definition) is 7. The van der Waals surface area contributed by atoms with Crippen LogP contribution in [0, 0.1) is 5.82 Å². The number of carbonyl (C=O) groups excluding carboxylic acids is 1. The second-order valence-corrected chi connectivity index (χ2v) is 9.08. The highest BCUT2D eigenvalue weighted by Gasteiger charge is 2.21. The van der Waals surface area contributed by atoms with E-state index in [2.05, 4.69) is 15.3 Å². The summed E-state index contributed by atoms with van der Waals surface area (Å²) in [5, 5.41) is 2.71. The van der Waals surface area contributed by atoms with Gasteiger partial charge in [0.25, 0.3) is 11.8 Å². The normalized spacial score (nSPS) is 10.9. The molecular formula is C31H26F2N4O5. The lowest BCUT2D eigenvalue weighted by molar-refractivity contribution is 0.102. The van der Waals surface area contributed by atoms with Gasteiger partial charge in [0.2, 0.25) is 5.43 Å². The van der Waals surface area contributed by atoms with Crippen LogP contribution < -0.4 is 25.0 Å². The maximum atomic E-state index is 14.0. The van der Waals surface area contributed by atoms with E-state index in [1.54, 1.807) is 49.5 Å². The van der Waals surface area contributed by atoms with Crippen molar-refractivity contribution in [2.24, 2.45) is 0 Å². The molecule has 214 valence electrons. The fourth-order valence-corrected chi connectivity index (χ4v) is 4.52. The third kappa shape index (κ3) is 5.49. The van der Waals surface area contributed by atoms with E-state index in [0.29, 0.717) is 46.1 Å². The van der Waals surface area contributed by atoms with Gasteiger partial charge in [0, 0.05) is 36.8 Å². The maximum absolute atomic E-state index is 14.0. The van der Waals surface area contributed by atoms with Gasteiger partial charge in [0.15, 0.2) is 11.5 Å². The van der Waals surface area contributed by atoms with Gasteiger partial charge < -0.3 is 24.1 Å². The van der Waals surface area contributed by atoms with Gasteiger partial charge in [-0.3, -0.25) is 14.6 Å². The van der Waals surface area contributed by atoms with E-state index in [1.165, 1.54) is 49.2 Å². The van der Waals surface area contributed by atoms with Crippen molar-refractivity contribution in [2.75, 3.05) is 19.5 Å². The molecule has 11 heteroatoms. The van der Waals surface area contributed by atoms with Crippen molar-refractivity contribution in [1.82, 2.24) is 14.5 Å². The monoisotopic (exact) mass is 572 g/mol. The number of anilines is 1. The molecular weight excluding hydrogens is 546 g/mol. The van der Waals surface area contributed by atoms with Crippen LogP contribution in [-0.4, -0.2) is 34.7 Å². The molecule has 0 fully saturated rings. The summed E-state index contributed by atoms with van der Waals surface area (Å²) in [5.41, 5.74) is 1.04. The van der Waals surface area contributed by atoms with Crippen molar-refractivity contribution >= 4 is 22.6 Å². The van der Waals surface area contributed by atoms with E-state index in [-0.39, 0.29) is 22.7 Å². The summed E-state index contributed by atoms with van der Waals surface area (Å²) in [6, 6.07) is 15.0. The number of amides is 1. The Morgan fingerprint density at radius 3 is 2.38 bits per heavy atom. The van der Waals surface area contributed by atoms with Gasteiger partial charge in [0.05, 0.1) is 31.0 Å². The molecule has 0 atom stereocenters. The molecule has 1 amide bonds. The zero-order valence-electron chi connectivity index (χ0n) is 23.0. The first-order valence-corrected chi connectivity index (χ1v) is 12.9. The molecule has 0 unspecified atom stereocenters. The molecule has 42 heavy (non-hydrogen) atoms. The van der Waals surface area contributed by atoms with Crippen LogP contribution in [0.15, 0.2) is 77.9 Å². The SMILES string of the molecule is CCn1cc(C(=O)Nc2ccc(Oc3ccnc4cc(OC)c(OC)nc34)cc2)c(=O)c(-c2ccc(F)cc2)c1CF. The molecule has 2 aromatic carbocycles. The predicted molar refractivity (Wildman–Crippen MR) is 154 cm³/mol. The first-order chi connectivity index (χ1) is 20.4. The first-order valence-electron chi connectivity index (χ1n) is 12.9. The number of rotatable bonds is 9. The van der Waals surface area contributed by atoms with Crippen LogP contribution in [0.5, 0.6) is 23.1 Å². The average molecular weight is 573 g/mol. The van der Waals surface area contributed by atoms with Gasteiger partial charge in [-0.2, -0.15) is 0 Å². The fourth-order valence-electron chi connectivity index (χ4n) is 4.52. The van der Waals surface area contributed by atoms with Crippen LogP contribution in [0.25, 0.3) is 22.2 Å². The number of pyridine rings is 3. The predicted octanol–water partition coefficient (Wildman–Crippen LogP) is 6.15. The Hall–Kier alpha value is -5.32. The van der Waals surface area contributed by atoms with Gasteiger partial charge >= 0.3 is 0 Å². The number of alkyl halides is 1. The van der Waals surface area contributed by atoms with E-state index in [9.17, 15) is 18.4 Å². The molecule has 5 aromatic rings. The van der Waals surface area contributed by atoms with E-state index in [1.807, 2.05) is 0 Å². The topological polar surface area (TPSA) is 105 Å². The van der Waals surface area contributed by atoms with E-state index < -0.39 is 23.8 Å². The second kappa shape index (κ2) is 12.0. The highest BCUT2D eigenvalue weighted by molar-refractivity contribution is 6.04. The first kappa shape index (κ1) is 28.2. The van der Waals surface area contributed by atoms with Crippen molar-refractivity contribution in [1.29, 1.82) is 0 Å². The number of aromatic nitrogens is 3. The molecule has 0 saturated carbocycles. The Balaban J connectivity index is 1.41. The molecule has 9 nitrogen and oxygen atoms in total. The molecule has 0 spiro atoms. The fraction of sp³-hybridized carbons (Fsp3) is 0.161. The lowest BCUT2D eigenvalue weighted by atomic mass is 10.0. The lowest BCUT2D eigenvalue weighted by Gasteiger charge is -2.16. The number of nitrogens with one attached hydrogen (secondary N) is 1. The largest absolute Gasteiger partial charge is 0.491 e. The Bertz CT molecular complexity index is 1820. The minimum Gasteiger partial charge on any atom is -0.491 e. The van der Waals surface area contributed by atoms with Crippen molar-refractivity contribution in [2.45, 2.75) is 20.1 Å². The van der Waals surface area contributed by atoms with Crippen LogP contribution in [0.4, 0.5) is 14.5 Å². The van der Waals surface area contributed by atoms with Crippen molar-refractivity contribution in [3.8, 4) is 34.3 Å². The molecule has 0 bridgehead atoms. The summed E-state index contributed by atoms with van der Waals surface area (Å²) in [7, 11) is 2.99. The summed E-state index contributed by atoms with van der Waals surface area (Å²) in [6.45, 7) is 1.16. The Labute approximate surface area is 239 Å². The second-order valence-electron chi connectivity index (χ2n) is 9.08. The number of halogens is 2. The van der Waals surface area contributed by atoms with E-state index in [4.69, 9.17) is 14.2 Å². The van der Waals surface area contributed by atoms with Gasteiger partial charge in [0.1, 0.15) is 29.3 Å². The molecule has 0 aliphatic heterocycles. The van der Waals surface area contributed by atoms with Gasteiger partial charge in [-0.05, 0) is 48.9 Å². The Kier molecular flexibility index (Phi) is 8.09. The summed E-state index contributed by atoms with van der Waals surface area (Å²) in [5.74, 6) is 0.436. The molecule has 0 radical (unpaired) electrons. The molecule has 3 aromatic heterocycles. The molecule has 5 rings (SSSR count). The highest BCUT2D eigenvalue weighted by atomic mass is 19.1. The third-order valence-electron chi connectivity index (χ3n) is 6.60. The minimum absolute atomic E-state index is 0.0168. The number of hydrogen-bond donors (Lipinski definition) is 1. The number of nitrogens with zero attached hydrogens (tertiary/aromatic N) is 3. The molecule has 0 aliphatic carbocycles. The summed E-state index contributed by atoms with van der Waals surface area (Å²) in [4.78, 5) is 35.4. The number of benzene rings is 2. The zero-order chi connectivity index (χ0) is 29.8. The van der Waals surface area contributed by atoms with E-state index in [0.717, 1.165) is 0 Å². The quantitative estimate of drug-likeness (QED) is 0.226. The lowest BCUT2D eigenvalue weighted by Crippen LogP contribution is -2.26. The molecule has 0 aliphatic rings. The number of aryl methyl sites for hydroxylation is 1. The smallest absolute Gasteiger partial charge is 0.261 e. The van der Waals surface area contributed by atoms with Crippen LogP contribution in [-0.2, 0) is 13.2 Å². The van der Waals surface area contributed by atoms with E-state index >= 15 is 0 Å². The molecule has 3 heterocycles. The summed E-state index contributed by atoms with van der Waals surface area (Å²) < 4.78 is 45.7. The zero-order valence-corrected chi connectivity index (χ0v) is 23.0. The van der Waals surface area contributed by atoms with Gasteiger partial charge in [-0.15, -0.1) is 0 Å². The number of fused-ring (bicyclic) bond motifs is 1. The van der Waals surface area contributed by atoms with Crippen LogP contribution in [0.2, 0.25) is 0 Å². The highest BCUT2D eigenvalue weighted by Crippen LogP contribution is 2.34. The molecule has 1 N–H and O–H groups in total. The maximum Gasteiger partial charge on any atom is 0.261 e. The number of methoxy groups -OCH3 is 2. The summed E-state index contributed by atoms with van der Waals surface area (Å²) in [6.07, 6.45) is 2.92. The van der Waals surface area contributed by atoms with Crippen molar-refractivity contribution < 1.29 is 27.8 Å². The Morgan fingerprint density at radius 1 is 1.00 bits per heavy atom. The van der Waals surface area contributed by atoms with Crippen LogP contribution >= 0.6 is 0 Å². The van der Waals surface area contributed by atoms with Crippen LogP contribution in [0.1, 0.15) is 23.0 Å². The Morgan fingerprint density at radius 2 is 1.74 bits per heavy atom. The van der Waals surface area contributed by atoms with Crippen molar-refractivity contribution in [3.05, 3.63) is 100 Å². The number of ether oxygens (including phenoxy) is 3.